The van der Waals surface area contributed by atoms with Crippen LogP contribution in [0.3, 0.4) is 0 Å². The van der Waals surface area contributed by atoms with Crippen molar-refractivity contribution in [2.45, 2.75) is 0 Å². The number of hydrogen-bond acceptors (Lipinski definition) is 6. The van der Waals surface area contributed by atoms with E-state index in [-0.39, 0.29) is 21.9 Å². The number of carbonyl (C=O) groups excluding carboxylic acids is 2. The molecule has 0 radical (unpaired) electrons. The zero-order valence-electron chi connectivity index (χ0n) is 13.8. The average molecular weight is 394 g/mol. The molecule has 0 unspecified atom stereocenters. The van der Waals surface area contributed by atoms with E-state index in [4.69, 9.17) is 33.3 Å². The van der Waals surface area contributed by atoms with Gasteiger partial charge in [-0.25, -0.2) is 0 Å². The van der Waals surface area contributed by atoms with Crippen LogP contribution >= 0.6 is 23.8 Å². The number of thiocarbonyl (C=S) groups is 1. The SMILES string of the molecule is COc1ccc(C(=O)[O-])cc1NC(=S)NC(=O)c1cc(Cl)ccc1OC. The Hall–Kier alpha value is -2.84. The summed E-state index contributed by atoms with van der Waals surface area (Å²) in [6, 6.07) is 8.64. The third-order valence-corrected chi connectivity index (χ3v) is 3.76. The van der Waals surface area contributed by atoms with Crippen molar-refractivity contribution < 1.29 is 24.2 Å². The van der Waals surface area contributed by atoms with Crippen LogP contribution in [0.2, 0.25) is 5.02 Å². The Kier molecular flexibility index (Phi) is 6.37. The average Bonchev–Trinajstić information content (AvgIpc) is 2.61. The first kappa shape index (κ1) is 19.5. The van der Waals surface area contributed by atoms with Gasteiger partial charge < -0.3 is 24.7 Å². The van der Waals surface area contributed by atoms with E-state index < -0.39 is 11.9 Å². The van der Waals surface area contributed by atoms with E-state index in [2.05, 4.69) is 10.6 Å². The maximum atomic E-state index is 12.4. The predicted molar refractivity (Wildman–Crippen MR) is 99.0 cm³/mol. The molecular weight excluding hydrogens is 380 g/mol. The number of methoxy groups -OCH3 is 2. The Bertz CT molecular complexity index is 872. The molecule has 0 saturated heterocycles. The lowest BCUT2D eigenvalue weighted by Gasteiger charge is -2.15. The van der Waals surface area contributed by atoms with Crippen LogP contribution in [0.25, 0.3) is 0 Å². The monoisotopic (exact) mass is 393 g/mol. The Balaban J connectivity index is 2.19. The van der Waals surface area contributed by atoms with Crippen LogP contribution < -0.4 is 25.2 Å². The van der Waals surface area contributed by atoms with Crippen molar-refractivity contribution in [2.75, 3.05) is 19.5 Å². The fourth-order valence-corrected chi connectivity index (χ4v) is 2.49. The van der Waals surface area contributed by atoms with E-state index in [0.29, 0.717) is 16.5 Å². The Labute approximate surface area is 159 Å². The van der Waals surface area contributed by atoms with Gasteiger partial charge in [-0.15, -0.1) is 0 Å². The second kappa shape index (κ2) is 8.50. The van der Waals surface area contributed by atoms with E-state index >= 15 is 0 Å². The molecular formula is C17H14ClN2O5S-. The van der Waals surface area contributed by atoms with Gasteiger partial charge >= 0.3 is 0 Å². The lowest BCUT2D eigenvalue weighted by Crippen LogP contribution is -2.34. The molecule has 0 aromatic heterocycles. The van der Waals surface area contributed by atoms with Crippen molar-refractivity contribution in [3.8, 4) is 11.5 Å². The summed E-state index contributed by atoms with van der Waals surface area (Å²) in [5.41, 5.74) is 0.385. The molecule has 2 N–H and O–H groups in total. The van der Waals surface area contributed by atoms with Crippen LogP contribution in [-0.2, 0) is 0 Å². The van der Waals surface area contributed by atoms with Gasteiger partial charge in [0.15, 0.2) is 5.11 Å². The van der Waals surface area contributed by atoms with E-state index in [1.807, 2.05) is 0 Å². The minimum atomic E-state index is -1.35. The third-order valence-electron chi connectivity index (χ3n) is 3.32. The second-order valence-corrected chi connectivity index (χ2v) is 5.80. The smallest absolute Gasteiger partial charge is 0.261 e. The van der Waals surface area contributed by atoms with Gasteiger partial charge in [-0.2, -0.15) is 0 Å². The highest BCUT2D eigenvalue weighted by molar-refractivity contribution is 7.80. The molecule has 2 rings (SSSR count). The molecule has 0 aliphatic carbocycles. The number of rotatable bonds is 5. The molecule has 0 spiro atoms. The Morgan fingerprint density at radius 3 is 2.35 bits per heavy atom. The van der Waals surface area contributed by atoms with Crippen molar-refractivity contribution >= 4 is 46.5 Å². The first-order valence-corrected chi connectivity index (χ1v) is 7.99. The van der Waals surface area contributed by atoms with Crippen LogP contribution in [0.1, 0.15) is 20.7 Å². The van der Waals surface area contributed by atoms with E-state index in [9.17, 15) is 14.7 Å². The molecule has 0 atom stereocenters. The summed E-state index contributed by atoms with van der Waals surface area (Å²) in [5, 5.41) is 16.5. The summed E-state index contributed by atoms with van der Waals surface area (Å²) in [6.45, 7) is 0. The molecule has 136 valence electrons. The number of amides is 1. The quantitative estimate of drug-likeness (QED) is 0.747. The maximum absolute atomic E-state index is 12.4. The number of carbonyl (C=O) groups is 2. The minimum absolute atomic E-state index is 0.0640. The highest BCUT2D eigenvalue weighted by Crippen LogP contribution is 2.26. The molecule has 2 aromatic carbocycles. The summed E-state index contributed by atoms with van der Waals surface area (Å²) >= 11 is 11.0. The highest BCUT2D eigenvalue weighted by Gasteiger charge is 2.15. The predicted octanol–water partition coefficient (Wildman–Crippen LogP) is 1.85. The fraction of sp³-hybridized carbons (Fsp3) is 0.118. The normalized spacial score (nSPS) is 9.96. The number of aromatic carboxylic acids is 1. The molecule has 9 heteroatoms. The van der Waals surface area contributed by atoms with Crippen LogP contribution in [0, 0.1) is 0 Å². The number of hydrogen-bond donors (Lipinski definition) is 2. The number of carboxylic acids is 1. The summed E-state index contributed by atoms with van der Waals surface area (Å²) in [4.78, 5) is 23.4. The van der Waals surface area contributed by atoms with Gasteiger partial charge in [0.05, 0.1) is 31.4 Å². The van der Waals surface area contributed by atoms with Gasteiger partial charge in [-0.1, -0.05) is 11.6 Å². The van der Waals surface area contributed by atoms with E-state index in [0.717, 1.165) is 0 Å². The third kappa shape index (κ3) is 4.62. The van der Waals surface area contributed by atoms with Crippen LogP contribution in [0.5, 0.6) is 11.5 Å². The number of benzene rings is 2. The largest absolute Gasteiger partial charge is 0.545 e. The highest BCUT2D eigenvalue weighted by atomic mass is 35.5. The molecule has 0 heterocycles. The second-order valence-electron chi connectivity index (χ2n) is 4.96. The summed E-state index contributed by atoms with van der Waals surface area (Å²) in [7, 11) is 2.84. The van der Waals surface area contributed by atoms with Crippen LogP contribution in [-0.4, -0.2) is 31.2 Å². The first-order chi connectivity index (χ1) is 12.3. The van der Waals surface area contributed by atoms with Gasteiger partial charge in [0.25, 0.3) is 5.91 Å². The molecule has 7 nitrogen and oxygen atoms in total. The van der Waals surface area contributed by atoms with Gasteiger partial charge in [0.1, 0.15) is 11.5 Å². The summed E-state index contributed by atoms with van der Waals surface area (Å²) in [5.74, 6) is -1.23. The van der Waals surface area contributed by atoms with Gasteiger partial charge in [0, 0.05) is 5.02 Å². The first-order valence-electron chi connectivity index (χ1n) is 7.21. The Morgan fingerprint density at radius 2 is 1.73 bits per heavy atom. The van der Waals surface area contributed by atoms with Gasteiger partial charge in [0.2, 0.25) is 0 Å². The summed E-state index contributed by atoms with van der Waals surface area (Å²) in [6.07, 6.45) is 0. The number of nitrogens with one attached hydrogen (secondary N) is 2. The van der Waals surface area contributed by atoms with Crippen molar-refractivity contribution in [3.05, 3.63) is 52.5 Å². The molecule has 0 aliphatic heterocycles. The van der Waals surface area contributed by atoms with Crippen molar-refractivity contribution in [1.82, 2.24) is 5.32 Å². The topological polar surface area (TPSA) is 99.7 Å². The molecule has 0 bridgehead atoms. The molecule has 1 amide bonds. The van der Waals surface area contributed by atoms with Crippen LogP contribution in [0.4, 0.5) is 5.69 Å². The molecule has 26 heavy (non-hydrogen) atoms. The van der Waals surface area contributed by atoms with Gasteiger partial charge in [-0.05, 0) is 54.2 Å². The Morgan fingerprint density at radius 1 is 1.08 bits per heavy atom. The van der Waals surface area contributed by atoms with Gasteiger partial charge in [-0.3, -0.25) is 10.1 Å². The van der Waals surface area contributed by atoms with Crippen molar-refractivity contribution in [1.29, 1.82) is 0 Å². The number of carboxylic acid groups (broad SMARTS) is 1. The lowest BCUT2D eigenvalue weighted by atomic mass is 10.2. The molecule has 2 aromatic rings. The molecule has 0 fully saturated rings. The zero-order chi connectivity index (χ0) is 19.3. The number of anilines is 1. The van der Waals surface area contributed by atoms with E-state index in [1.54, 1.807) is 12.1 Å². The lowest BCUT2D eigenvalue weighted by molar-refractivity contribution is -0.255. The van der Waals surface area contributed by atoms with Crippen molar-refractivity contribution in [3.63, 3.8) is 0 Å². The van der Waals surface area contributed by atoms with Crippen LogP contribution in [0.15, 0.2) is 36.4 Å². The number of halogens is 1. The molecule has 0 saturated carbocycles. The number of ether oxygens (including phenoxy) is 2. The fourth-order valence-electron chi connectivity index (χ4n) is 2.11. The maximum Gasteiger partial charge on any atom is 0.261 e. The minimum Gasteiger partial charge on any atom is -0.545 e. The zero-order valence-corrected chi connectivity index (χ0v) is 15.4. The standard InChI is InChI=1S/C17H15ClN2O5S/c1-24-13-6-4-10(18)8-11(13)15(21)20-17(26)19-12-7-9(16(22)23)3-5-14(12)25-2/h3-8H,1-2H3,(H,22,23)(H2,19,20,21,26)/p-1. The summed E-state index contributed by atoms with van der Waals surface area (Å²) < 4.78 is 10.3. The molecule has 0 aliphatic rings. The van der Waals surface area contributed by atoms with E-state index in [1.165, 1.54) is 38.5 Å². The van der Waals surface area contributed by atoms with Crippen molar-refractivity contribution in [2.24, 2.45) is 0 Å².